The van der Waals surface area contributed by atoms with Crippen molar-refractivity contribution in [2.75, 3.05) is 25.9 Å². The first-order valence-corrected chi connectivity index (χ1v) is 8.76. The van der Waals surface area contributed by atoms with E-state index in [9.17, 15) is 13.2 Å². The van der Waals surface area contributed by atoms with Crippen LogP contribution in [0.4, 0.5) is 0 Å². The number of sulfonamides is 1. The minimum atomic E-state index is -3.17. The molecule has 2 aliphatic rings. The Morgan fingerprint density at radius 3 is 2.57 bits per heavy atom. The van der Waals surface area contributed by atoms with Gasteiger partial charge in [0.1, 0.15) is 11.4 Å². The Morgan fingerprint density at radius 1 is 1.24 bits per heavy atom. The average Bonchev–Trinajstić information content (AvgIpc) is 2.57. The molecule has 3 rings (SSSR count). The maximum atomic E-state index is 12.1. The molecule has 21 heavy (non-hydrogen) atoms. The average molecular weight is 310 g/mol. The van der Waals surface area contributed by atoms with Gasteiger partial charge < -0.3 is 10.1 Å². The highest BCUT2D eigenvalue weighted by Crippen LogP contribution is 2.33. The van der Waals surface area contributed by atoms with Crippen LogP contribution < -0.4 is 10.1 Å². The molecule has 0 bridgehead atoms. The highest BCUT2D eigenvalue weighted by atomic mass is 32.2. The van der Waals surface area contributed by atoms with Crippen LogP contribution >= 0.6 is 0 Å². The van der Waals surface area contributed by atoms with E-state index in [1.807, 2.05) is 6.07 Å². The van der Waals surface area contributed by atoms with E-state index < -0.39 is 15.6 Å². The fourth-order valence-electron chi connectivity index (χ4n) is 2.85. The van der Waals surface area contributed by atoms with Crippen LogP contribution in [0.1, 0.15) is 23.2 Å². The second kappa shape index (κ2) is 4.99. The predicted octanol–water partition coefficient (Wildman–Crippen LogP) is 0.603. The second-order valence-electron chi connectivity index (χ2n) is 5.63. The molecule has 0 radical (unpaired) electrons. The molecule has 0 saturated carbocycles. The van der Waals surface area contributed by atoms with Gasteiger partial charge in [-0.05, 0) is 12.1 Å². The molecular formula is C14H18N2O4S. The van der Waals surface area contributed by atoms with Crippen molar-refractivity contribution >= 4 is 15.9 Å². The normalized spacial score (nSPS) is 22.0. The van der Waals surface area contributed by atoms with Gasteiger partial charge in [0.2, 0.25) is 10.0 Å². The number of nitrogens with zero attached hydrogens (tertiary/aromatic N) is 1. The van der Waals surface area contributed by atoms with Crippen molar-refractivity contribution in [3.63, 3.8) is 0 Å². The van der Waals surface area contributed by atoms with E-state index in [0.717, 1.165) is 0 Å². The topological polar surface area (TPSA) is 75.7 Å². The number of fused-ring (bicyclic) bond motifs is 1. The third kappa shape index (κ3) is 2.75. The lowest BCUT2D eigenvalue weighted by molar-refractivity contribution is 0.0248. The third-order valence-electron chi connectivity index (χ3n) is 4.13. The predicted molar refractivity (Wildman–Crippen MR) is 77.8 cm³/mol. The van der Waals surface area contributed by atoms with Crippen LogP contribution in [0.3, 0.4) is 0 Å². The second-order valence-corrected chi connectivity index (χ2v) is 7.61. The molecule has 1 amide bonds. The number of rotatable bonds is 1. The van der Waals surface area contributed by atoms with Gasteiger partial charge in [-0.2, -0.15) is 0 Å². The molecule has 0 unspecified atom stereocenters. The maximum absolute atomic E-state index is 12.1. The molecule has 1 aromatic rings. The van der Waals surface area contributed by atoms with Gasteiger partial charge in [-0.1, -0.05) is 12.1 Å². The van der Waals surface area contributed by atoms with Crippen LogP contribution in [-0.2, 0) is 10.0 Å². The molecule has 1 fully saturated rings. The van der Waals surface area contributed by atoms with E-state index in [-0.39, 0.29) is 5.91 Å². The number of ether oxygens (including phenoxy) is 1. The van der Waals surface area contributed by atoms with Gasteiger partial charge in [0.15, 0.2) is 0 Å². The summed E-state index contributed by atoms with van der Waals surface area (Å²) in [5.41, 5.74) is 0.00335. The highest BCUT2D eigenvalue weighted by Gasteiger charge is 2.41. The quantitative estimate of drug-likeness (QED) is 0.824. The zero-order valence-electron chi connectivity index (χ0n) is 11.8. The first-order valence-electron chi connectivity index (χ1n) is 6.91. The van der Waals surface area contributed by atoms with Crippen molar-refractivity contribution in [1.82, 2.24) is 9.62 Å². The van der Waals surface area contributed by atoms with E-state index in [2.05, 4.69) is 5.32 Å². The summed E-state index contributed by atoms with van der Waals surface area (Å²) in [5.74, 6) is 0.424. The summed E-state index contributed by atoms with van der Waals surface area (Å²) in [6.07, 6.45) is 2.35. The lowest BCUT2D eigenvalue weighted by atomic mass is 9.92. The van der Waals surface area contributed by atoms with Crippen molar-refractivity contribution in [1.29, 1.82) is 0 Å². The summed E-state index contributed by atoms with van der Waals surface area (Å²) in [6, 6.07) is 7.14. The number of hydrogen-bond donors (Lipinski definition) is 1. The Bertz CT molecular complexity index is 663. The van der Waals surface area contributed by atoms with Gasteiger partial charge in [-0.25, -0.2) is 12.7 Å². The summed E-state index contributed by atoms with van der Waals surface area (Å²) < 4.78 is 30.8. The Balaban J connectivity index is 1.84. The molecule has 1 N–H and O–H groups in total. The van der Waals surface area contributed by atoms with E-state index in [1.165, 1.54) is 10.6 Å². The molecule has 6 nitrogen and oxygen atoms in total. The van der Waals surface area contributed by atoms with Crippen molar-refractivity contribution in [2.24, 2.45) is 0 Å². The molecule has 1 spiro atoms. The number of piperidine rings is 1. The van der Waals surface area contributed by atoms with E-state index in [0.29, 0.717) is 43.8 Å². The van der Waals surface area contributed by atoms with Crippen molar-refractivity contribution in [3.8, 4) is 5.75 Å². The molecule has 1 aromatic carbocycles. The van der Waals surface area contributed by atoms with Crippen LogP contribution in [-0.4, -0.2) is 50.1 Å². The van der Waals surface area contributed by atoms with Gasteiger partial charge in [-0.15, -0.1) is 0 Å². The summed E-state index contributed by atoms with van der Waals surface area (Å²) in [7, 11) is -3.17. The first kappa shape index (κ1) is 14.3. The van der Waals surface area contributed by atoms with Gasteiger partial charge >= 0.3 is 0 Å². The van der Waals surface area contributed by atoms with Gasteiger partial charge in [0, 0.05) is 25.9 Å². The van der Waals surface area contributed by atoms with Crippen LogP contribution in [0.25, 0.3) is 0 Å². The Hall–Kier alpha value is -1.60. The number of hydrogen-bond acceptors (Lipinski definition) is 4. The summed E-state index contributed by atoms with van der Waals surface area (Å²) in [5, 5.41) is 2.88. The fraction of sp³-hybridized carbons (Fsp3) is 0.500. The van der Waals surface area contributed by atoms with Crippen LogP contribution in [0, 0.1) is 0 Å². The number of benzene rings is 1. The number of carbonyl (C=O) groups excluding carboxylic acids is 1. The lowest BCUT2D eigenvalue weighted by Gasteiger charge is -2.40. The molecule has 0 atom stereocenters. The van der Waals surface area contributed by atoms with Crippen LogP contribution in [0.2, 0.25) is 0 Å². The van der Waals surface area contributed by atoms with Crippen LogP contribution in [0.15, 0.2) is 24.3 Å². The van der Waals surface area contributed by atoms with Gasteiger partial charge in [-0.3, -0.25) is 4.79 Å². The summed E-state index contributed by atoms with van der Waals surface area (Å²) in [4.78, 5) is 12.1. The molecule has 2 aliphatic heterocycles. The third-order valence-corrected chi connectivity index (χ3v) is 5.44. The molecule has 0 aliphatic carbocycles. The Labute approximate surface area is 124 Å². The molecule has 0 aromatic heterocycles. The number of carbonyl (C=O) groups is 1. The lowest BCUT2D eigenvalue weighted by Crippen LogP contribution is -2.54. The van der Waals surface area contributed by atoms with Crippen molar-refractivity contribution in [3.05, 3.63) is 29.8 Å². The molecule has 114 valence electrons. The summed E-state index contributed by atoms with van der Waals surface area (Å²) >= 11 is 0. The van der Waals surface area contributed by atoms with Crippen LogP contribution in [0.5, 0.6) is 5.75 Å². The number of nitrogens with one attached hydrogen (secondary N) is 1. The molecule has 1 saturated heterocycles. The molecule has 2 heterocycles. The Kier molecular flexibility index (Phi) is 3.41. The number of amides is 1. The zero-order valence-corrected chi connectivity index (χ0v) is 12.6. The molecule has 7 heteroatoms. The first-order chi connectivity index (χ1) is 9.90. The monoisotopic (exact) mass is 310 g/mol. The van der Waals surface area contributed by atoms with Gasteiger partial charge in [0.05, 0.1) is 18.4 Å². The van der Waals surface area contributed by atoms with E-state index in [1.54, 1.807) is 18.2 Å². The molecular weight excluding hydrogens is 292 g/mol. The smallest absolute Gasteiger partial charge is 0.255 e. The number of para-hydroxylation sites is 1. The highest BCUT2D eigenvalue weighted by molar-refractivity contribution is 7.88. The van der Waals surface area contributed by atoms with E-state index in [4.69, 9.17) is 4.74 Å². The fourth-order valence-corrected chi connectivity index (χ4v) is 3.70. The van der Waals surface area contributed by atoms with Crippen molar-refractivity contribution in [2.45, 2.75) is 18.4 Å². The largest absolute Gasteiger partial charge is 0.485 e. The summed E-state index contributed by atoms with van der Waals surface area (Å²) in [6.45, 7) is 1.23. The Morgan fingerprint density at radius 2 is 1.90 bits per heavy atom. The van der Waals surface area contributed by atoms with Crippen molar-refractivity contribution < 1.29 is 17.9 Å². The van der Waals surface area contributed by atoms with E-state index >= 15 is 0 Å². The SMILES string of the molecule is CS(=O)(=O)N1CCC2(CC1)CNC(=O)c1ccccc1O2. The standard InChI is InChI=1S/C14H18N2O4S/c1-21(18,19)16-8-6-14(7-9-16)10-15-13(17)11-4-2-3-5-12(11)20-14/h2-5H,6-10H2,1H3,(H,15,17). The zero-order chi connectivity index (χ0) is 15.1. The maximum Gasteiger partial charge on any atom is 0.255 e. The minimum absolute atomic E-state index is 0.145. The van der Waals surface area contributed by atoms with Gasteiger partial charge in [0.25, 0.3) is 5.91 Å². The minimum Gasteiger partial charge on any atom is -0.485 e.